The van der Waals surface area contributed by atoms with Gasteiger partial charge in [0.1, 0.15) is 0 Å². The molecule has 0 bridgehead atoms. The fraction of sp³-hybridized carbons (Fsp3) is 0.867. The van der Waals surface area contributed by atoms with Crippen LogP contribution in [0.5, 0.6) is 0 Å². The molecule has 1 unspecified atom stereocenters. The zero-order chi connectivity index (χ0) is 15.2. The van der Waals surface area contributed by atoms with Crippen molar-refractivity contribution in [3.05, 3.63) is 0 Å². The smallest absolute Gasteiger partial charge is 0.317 e. The molecule has 20 heavy (non-hydrogen) atoms. The minimum absolute atomic E-state index is 0.0231. The van der Waals surface area contributed by atoms with Gasteiger partial charge in [0.25, 0.3) is 0 Å². The number of aliphatic carboxylic acids is 1. The first-order valence-electron chi connectivity index (χ1n) is 7.55. The summed E-state index contributed by atoms with van der Waals surface area (Å²) in [5.41, 5.74) is 0.256. The summed E-state index contributed by atoms with van der Waals surface area (Å²) in [7, 11) is 0. The summed E-state index contributed by atoms with van der Waals surface area (Å²) in [6.45, 7) is 8.99. The Bertz CT molecular complexity index is 337. The van der Waals surface area contributed by atoms with E-state index in [4.69, 9.17) is 5.11 Å². The van der Waals surface area contributed by atoms with E-state index in [2.05, 4.69) is 26.1 Å². The van der Waals surface area contributed by atoms with Crippen LogP contribution in [0.15, 0.2) is 0 Å². The van der Waals surface area contributed by atoms with Crippen molar-refractivity contribution in [2.75, 3.05) is 19.6 Å². The molecule has 5 heteroatoms. The van der Waals surface area contributed by atoms with Crippen LogP contribution in [-0.2, 0) is 4.79 Å². The van der Waals surface area contributed by atoms with Crippen LogP contribution >= 0.6 is 0 Å². The Hall–Kier alpha value is -1.26. The normalized spacial score (nSPS) is 19.1. The van der Waals surface area contributed by atoms with Gasteiger partial charge in [0.15, 0.2) is 0 Å². The van der Waals surface area contributed by atoms with Gasteiger partial charge in [-0.3, -0.25) is 4.79 Å². The SMILES string of the molecule is CC(C)(C)C1CCN(C(=O)NCCCCCC(=O)O)C1. The maximum atomic E-state index is 12.0. The number of rotatable bonds is 6. The summed E-state index contributed by atoms with van der Waals surface area (Å²) in [6.07, 6.45) is 3.66. The molecule has 116 valence electrons. The molecule has 0 radical (unpaired) electrons. The number of likely N-dealkylation sites (tertiary alicyclic amines) is 1. The van der Waals surface area contributed by atoms with Crippen LogP contribution in [0.1, 0.15) is 52.9 Å². The van der Waals surface area contributed by atoms with Gasteiger partial charge in [-0.1, -0.05) is 27.2 Å². The Morgan fingerprint density at radius 2 is 1.95 bits per heavy atom. The highest BCUT2D eigenvalue weighted by molar-refractivity contribution is 5.74. The van der Waals surface area contributed by atoms with E-state index in [0.717, 1.165) is 32.4 Å². The molecule has 0 saturated carbocycles. The highest BCUT2D eigenvalue weighted by atomic mass is 16.4. The van der Waals surface area contributed by atoms with E-state index >= 15 is 0 Å². The van der Waals surface area contributed by atoms with Crippen LogP contribution < -0.4 is 5.32 Å². The molecule has 1 heterocycles. The number of carbonyl (C=O) groups is 2. The molecule has 0 aromatic rings. The molecule has 0 aromatic carbocycles. The topological polar surface area (TPSA) is 69.6 Å². The Labute approximate surface area is 121 Å². The molecule has 1 atom stereocenters. The average Bonchev–Trinajstić information content (AvgIpc) is 2.82. The summed E-state index contributed by atoms with van der Waals surface area (Å²) >= 11 is 0. The molecule has 2 N–H and O–H groups in total. The number of carboxylic acid groups (broad SMARTS) is 1. The summed E-state index contributed by atoms with van der Waals surface area (Å²) in [4.78, 5) is 24.2. The van der Waals surface area contributed by atoms with Crippen molar-refractivity contribution in [1.82, 2.24) is 10.2 Å². The fourth-order valence-corrected chi connectivity index (χ4v) is 2.54. The molecular weight excluding hydrogens is 256 g/mol. The lowest BCUT2D eigenvalue weighted by atomic mass is 9.80. The van der Waals surface area contributed by atoms with Gasteiger partial charge in [-0.25, -0.2) is 4.79 Å². The van der Waals surface area contributed by atoms with Gasteiger partial charge < -0.3 is 15.3 Å². The third kappa shape index (κ3) is 5.80. The Morgan fingerprint density at radius 1 is 1.25 bits per heavy atom. The van der Waals surface area contributed by atoms with Crippen molar-refractivity contribution in [3.8, 4) is 0 Å². The third-order valence-corrected chi connectivity index (χ3v) is 4.04. The highest BCUT2D eigenvalue weighted by Gasteiger charge is 2.33. The van der Waals surface area contributed by atoms with Crippen molar-refractivity contribution in [1.29, 1.82) is 0 Å². The second kappa shape index (κ2) is 7.50. The molecule has 1 aliphatic rings. The predicted molar refractivity (Wildman–Crippen MR) is 78.6 cm³/mol. The van der Waals surface area contributed by atoms with Crippen molar-refractivity contribution in [3.63, 3.8) is 0 Å². The molecule has 0 aliphatic carbocycles. The van der Waals surface area contributed by atoms with Crippen LogP contribution in [0, 0.1) is 11.3 Å². The van der Waals surface area contributed by atoms with E-state index < -0.39 is 5.97 Å². The molecule has 0 spiro atoms. The van der Waals surface area contributed by atoms with E-state index in [0.29, 0.717) is 18.9 Å². The second-order valence-corrected chi connectivity index (χ2v) is 6.73. The number of carboxylic acids is 1. The molecule has 2 amide bonds. The monoisotopic (exact) mass is 284 g/mol. The minimum Gasteiger partial charge on any atom is -0.481 e. The van der Waals surface area contributed by atoms with E-state index in [-0.39, 0.29) is 17.9 Å². The number of unbranched alkanes of at least 4 members (excludes halogenated alkanes) is 2. The largest absolute Gasteiger partial charge is 0.481 e. The standard InChI is InChI=1S/C15H28N2O3/c1-15(2,3)12-8-10-17(11-12)14(20)16-9-6-4-5-7-13(18)19/h12H,4-11H2,1-3H3,(H,16,20)(H,18,19). The predicted octanol–water partition coefficient (Wildman–Crippen LogP) is 2.71. The summed E-state index contributed by atoms with van der Waals surface area (Å²) in [6, 6.07) is 0.0231. The van der Waals surface area contributed by atoms with E-state index in [1.165, 1.54) is 0 Å². The quantitative estimate of drug-likeness (QED) is 0.737. The summed E-state index contributed by atoms with van der Waals surface area (Å²) in [5, 5.41) is 11.4. The maximum Gasteiger partial charge on any atom is 0.317 e. The van der Waals surface area contributed by atoms with E-state index in [9.17, 15) is 9.59 Å². The van der Waals surface area contributed by atoms with Gasteiger partial charge in [-0.2, -0.15) is 0 Å². The first-order valence-corrected chi connectivity index (χ1v) is 7.55. The van der Waals surface area contributed by atoms with Crippen molar-refractivity contribution >= 4 is 12.0 Å². The van der Waals surface area contributed by atoms with Crippen LogP contribution in [0.2, 0.25) is 0 Å². The Kier molecular flexibility index (Phi) is 6.30. The maximum absolute atomic E-state index is 12.0. The molecule has 1 aliphatic heterocycles. The zero-order valence-electron chi connectivity index (χ0n) is 12.9. The average molecular weight is 284 g/mol. The second-order valence-electron chi connectivity index (χ2n) is 6.73. The van der Waals surface area contributed by atoms with Crippen LogP contribution in [0.3, 0.4) is 0 Å². The number of carbonyl (C=O) groups excluding carboxylic acids is 1. The van der Waals surface area contributed by atoms with Gasteiger partial charge in [-0.15, -0.1) is 0 Å². The van der Waals surface area contributed by atoms with Crippen molar-refractivity contribution in [2.24, 2.45) is 11.3 Å². The summed E-state index contributed by atoms with van der Waals surface area (Å²) in [5.74, 6) is -0.178. The molecule has 0 aromatic heterocycles. The van der Waals surface area contributed by atoms with Gasteiger partial charge in [0.05, 0.1) is 0 Å². The van der Waals surface area contributed by atoms with E-state index in [1.54, 1.807) is 0 Å². The van der Waals surface area contributed by atoms with Gasteiger partial charge in [0.2, 0.25) is 0 Å². The third-order valence-electron chi connectivity index (χ3n) is 4.04. The number of hydrogen-bond donors (Lipinski definition) is 2. The Balaban J connectivity index is 2.13. The first kappa shape index (κ1) is 16.8. The number of nitrogens with one attached hydrogen (secondary N) is 1. The van der Waals surface area contributed by atoms with Gasteiger partial charge >= 0.3 is 12.0 Å². The molecule has 5 nitrogen and oxygen atoms in total. The minimum atomic E-state index is -0.751. The van der Waals surface area contributed by atoms with E-state index in [1.807, 2.05) is 4.90 Å². The zero-order valence-corrected chi connectivity index (χ0v) is 12.9. The molecule has 1 saturated heterocycles. The molecule has 1 fully saturated rings. The highest BCUT2D eigenvalue weighted by Crippen LogP contribution is 2.33. The number of amides is 2. The van der Waals surface area contributed by atoms with Crippen molar-refractivity contribution < 1.29 is 14.7 Å². The Morgan fingerprint density at radius 3 is 2.50 bits per heavy atom. The lowest BCUT2D eigenvalue weighted by Crippen LogP contribution is -2.39. The molecular formula is C15H28N2O3. The van der Waals surface area contributed by atoms with Crippen LogP contribution in [0.25, 0.3) is 0 Å². The number of nitrogens with zero attached hydrogens (tertiary/aromatic N) is 1. The fourth-order valence-electron chi connectivity index (χ4n) is 2.54. The lowest BCUT2D eigenvalue weighted by molar-refractivity contribution is -0.137. The number of urea groups is 1. The summed E-state index contributed by atoms with van der Waals surface area (Å²) < 4.78 is 0. The van der Waals surface area contributed by atoms with Gasteiger partial charge in [-0.05, 0) is 30.6 Å². The number of hydrogen-bond acceptors (Lipinski definition) is 2. The first-order chi connectivity index (χ1) is 9.30. The van der Waals surface area contributed by atoms with Crippen molar-refractivity contribution in [2.45, 2.75) is 52.9 Å². The molecule has 1 rings (SSSR count). The van der Waals surface area contributed by atoms with Gasteiger partial charge in [0, 0.05) is 26.1 Å². The van der Waals surface area contributed by atoms with Crippen LogP contribution in [-0.4, -0.2) is 41.6 Å². The lowest BCUT2D eigenvalue weighted by Gasteiger charge is -2.27. The van der Waals surface area contributed by atoms with Crippen LogP contribution in [0.4, 0.5) is 4.79 Å².